The molecule has 0 aromatic heterocycles. The SMILES string of the molecule is CCc1cc(Oc2c(Br)cc(N)c(C)c2Br)cc(C(C)C)c1O. The van der Waals surface area contributed by atoms with Crippen LogP contribution in [-0.2, 0) is 6.42 Å². The molecular weight excluding hydrogens is 422 g/mol. The van der Waals surface area contributed by atoms with Gasteiger partial charge in [-0.15, -0.1) is 0 Å². The van der Waals surface area contributed by atoms with Gasteiger partial charge in [-0.3, -0.25) is 0 Å². The van der Waals surface area contributed by atoms with E-state index in [1.165, 1.54) is 0 Å². The number of hydrogen-bond donors (Lipinski definition) is 2. The predicted octanol–water partition coefficient (Wildman–Crippen LogP) is 6.29. The van der Waals surface area contributed by atoms with Crippen LogP contribution in [0.1, 0.15) is 43.4 Å². The Balaban J connectivity index is 2.53. The summed E-state index contributed by atoms with van der Waals surface area (Å²) >= 11 is 7.06. The number of halogens is 2. The van der Waals surface area contributed by atoms with Gasteiger partial charge in [0.25, 0.3) is 0 Å². The third kappa shape index (κ3) is 3.66. The Morgan fingerprint density at radius 1 is 1.22 bits per heavy atom. The summed E-state index contributed by atoms with van der Waals surface area (Å²) in [6.45, 7) is 8.06. The number of rotatable bonds is 4. The minimum absolute atomic E-state index is 0.212. The molecule has 0 radical (unpaired) electrons. The predicted molar refractivity (Wildman–Crippen MR) is 103 cm³/mol. The number of aryl methyl sites for hydroxylation is 1. The summed E-state index contributed by atoms with van der Waals surface area (Å²) in [6.07, 6.45) is 0.742. The van der Waals surface area contributed by atoms with E-state index >= 15 is 0 Å². The van der Waals surface area contributed by atoms with Gasteiger partial charge in [0.1, 0.15) is 11.5 Å². The second-order valence-corrected chi connectivity index (χ2v) is 7.49. The van der Waals surface area contributed by atoms with E-state index in [1.807, 2.05) is 32.0 Å². The lowest BCUT2D eigenvalue weighted by Gasteiger charge is -2.17. The van der Waals surface area contributed by atoms with Crippen molar-refractivity contribution in [1.29, 1.82) is 0 Å². The number of phenols is 1. The van der Waals surface area contributed by atoms with Crippen LogP contribution in [0, 0.1) is 6.92 Å². The Morgan fingerprint density at radius 3 is 2.43 bits per heavy atom. The van der Waals surface area contributed by atoms with Crippen molar-refractivity contribution < 1.29 is 9.84 Å². The average Bonchev–Trinajstić information content (AvgIpc) is 2.50. The Kier molecular flexibility index (Phi) is 5.63. The van der Waals surface area contributed by atoms with E-state index in [0.717, 1.165) is 32.1 Å². The Bertz CT molecular complexity index is 743. The Morgan fingerprint density at radius 2 is 1.87 bits per heavy atom. The number of nitrogen functional groups attached to an aromatic ring is 1. The molecule has 0 fully saturated rings. The van der Waals surface area contributed by atoms with E-state index in [-0.39, 0.29) is 5.92 Å². The van der Waals surface area contributed by atoms with Gasteiger partial charge in [0, 0.05) is 11.3 Å². The highest BCUT2D eigenvalue weighted by Gasteiger charge is 2.17. The standard InChI is InChI=1S/C18H21Br2NO2/c1-5-11-6-12(7-13(9(2)3)17(11)22)23-18-14(19)8-15(21)10(4)16(18)20/h6-9,22H,5,21H2,1-4H3. The summed E-state index contributed by atoms with van der Waals surface area (Å²) in [7, 11) is 0. The number of aromatic hydroxyl groups is 1. The zero-order valence-corrected chi connectivity index (χ0v) is 16.9. The molecule has 0 bridgehead atoms. The van der Waals surface area contributed by atoms with Gasteiger partial charge in [-0.2, -0.15) is 0 Å². The van der Waals surface area contributed by atoms with Gasteiger partial charge >= 0.3 is 0 Å². The Hall–Kier alpha value is -1.20. The van der Waals surface area contributed by atoms with Crippen LogP contribution >= 0.6 is 31.9 Å². The molecule has 0 atom stereocenters. The third-order valence-corrected chi connectivity index (χ3v) is 5.42. The fourth-order valence-electron chi connectivity index (χ4n) is 2.38. The molecule has 5 heteroatoms. The van der Waals surface area contributed by atoms with E-state index in [4.69, 9.17) is 10.5 Å². The monoisotopic (exact) mass is 441 g/mol. The second kappa shape index (κ2) is 7.14. The number of hydrogen-bond acceptors (Lipinski definition) is 3. The fourth-order valence-corrected chi connectivity index (χ4v) is 3.70. The van der Waals surface area contributed by atoms with Crippen LogP contribution in [0.5, 0.6) is 17.2 Å². The van der Waals surface area contributed by atoms with Gasteiger partial charge in [0.2, 0.25) is 0 Å². The molecule has 0 unspecified atom stereocenters. The molecule has 2 aromatic carbocycles. The molecular formula is C18H21Br2NO2. The first kappa shape index (κ1) is 18.1. The lowest BCUT2D eigenvalue weighted by molar-refractivity contribution is 0.447. The van der Waals surface area contributed by atoms with E-state index in [0.29, 0.717) is 22.9 Å². The molecule has 0 aliphatic rings. The van der Waals surface area contributed by atoms with Crippen LogP contribution in [0.15, 0.2) is 27.1 Å². The van der Waals surface area contributed by atoms with E-state index in [9.17, 15) is 5.11 Å². The molecule has 23 heavy (non-hydrogen) atoms. The third-order valence-electron chi connectivity index (χ3n) is 3.88. The van der Waals surface area contributed by atoms with Crippen molar-refractivity contribution in [2.45, 2.75) is 40.0 Å². The highest BCUT2D eigenvalue weighted by molar-refractivity contribution is 9.11. The largest absolute Gasteiger partial charge is 0.507 e. The lowest BCUT2D eigenvalue weighted by atomic mass is 9.97. The van der Waals surface area contributed by atoms with Gasteiger partial charge in [-0.1, -0.05) is 20.8 Å². The number of anilines is 1. The first-order valence-corrected chi connectivity index (χ1v) is 9.12. The van der Waals surface area contributed by atoms with Crippen LogP contribution in [-0.4, -0.2) is 5.11 Å². The van der Waals surface area contributed by atoms with Gasteiger partial charge < -0.3 is 15.6 Å². The van der Waals surface area contributed by atoms with Crippen molar-refractivity contribution in [3.63, 3.8) is 0 Å². The van der Waals surface area contributed by atoms with Gasteiger partial charge in [0.05, 0.1) is 8.95 Å². The number of benzene rings is 2. The molecule has 124 valence electrons. The van der Waals surface area contributed by atoms with Crippen molar-refractivity contribution in [2.75, 3.05) is 5.73 Å². The molecule has 0 amide bonds. The molecule has 0 saturated heterocycles. The molecule has 2 rings (SSSR count). The molecule has 0 aliphatic heterocycles. The molecule has 0 heterocycles. The highest BCUT2D eigenvalue weighted by Crippen LogP contribution is 2.43. The van der Waals surface area contributed by atoms with Crippen LogP contribution in [0.2, 0.25) is 0 Å². The Labute approximate surface area is 154 Å². The lowest BCUT2D eigenvalue weighted by Crippen LogP contribution is -1.98. The van der Waals surface area contributed by atoms with Crippen molar-refractivity contribution in [1.82, 2.24) is 0 Å². The molecule has 3 N–H and O–H groups in total. The summed E-state index contributed by atoms with van der Waals surface area (Å²) in [5.74, 6) is 1.96. The van der Waals surface area contributed by atoms with Crippen molar-refractivity contribution in [3.05, 3.63) is 43.8 Å². The number of nitrogens with two attached hydrogens (primary N) is 1. The van der Waals surface area contributed by atoms with E-state index < -0.39 is 0 Å². The van der Waals surface area contributed by atoms with Crippen LogP contribution in [0.3, 0.4) is 0 Å². The minimum Gasteiger partial charge on any atom is -0.507 e. The summed E-state index contributed by atoms with van der Waals surface area (Å²) in [4.78, 5) is 0. The maximum Gasteiger partial charge on any atom is 0.156 e. The molecule has 3 nitrogen and oxygen atoms in total. The number of phenolic OH excluding ortho intramolecular Hbond substituents is 1. The maximum absolute atomic E-state index is 10.3. The summed E-state index contributed by atoms with van der Waals surface area (Å²) in [5, 5.41) is 10.3. The van der Waals surface area contributed by atoms with Crippen molar-refractivity contribution >= 4 is 37.5 Å². The minimum atomic E-state index is 0.212. The molecule has 0 saturated carbocycles. The smallest absolute Gasteiger partial charge is 0.156 e. The zero-order valence-electron chi connectivity index (χ0n) is 13.7. The molecule has 0 aliphatic carbocycles. The fraction of sp³-hybridized carbons (Fsp3) is 0.333. The van der Waals surface area contributed by atoms with E-state index in [1.54, 1.807) is 0 Å². The van der Waals surface area contributed by atoms with Gasteiger partial charge in [0.15, 0.2) is 5.75 Å². The average molecular weight is 443 g/mol. The van der Waals surface area contributed by atoms with E-state index in [2.05, 4.69) is 45.7 Å². The summed E-state index contributed by atoms with van der Waals surface area (Å²) < 4.78 is 7.71. The first-order chi connectivity index (χ1) is 10.8. The van der Waals surface area contributed by atoms with Gasteiger partial charge in [-0.25, -0.2) is 0 Å². The topological polar surface area (TPSA) is 55.5 Å². The normalized spacial score (nSPS) is 11.1. The van der Waals surface area contributed by atoms with Crippen LogP contribution in [0.4, 0.5) is 5.69 Å². The molecule has 0 spiro atoms. The highest BCUT2D eigenvalue weighted by atomic mass is 79.9. The second-order valence-electron chi connectivity index (χ2n) is 5.85. The van der Waals surface area contributed by atoms with Crippen molar-refractivity contribution in [3.8, 4) is 17.2 Å². The number of ether oxygens (including phenoxy) is 1. The van der Waals surface area contributed by atoms with Crippen LogP contribution < -0.4 is 10.5 Å². The van der Waals surface area contributed by atoms with Crippen molar-refractivity contribution in [2.24, 2.45) is 0 Å². The van der Waals surface area contributed by atoms with Gasteiger partial charge in [-0.05, 0) is 80.4 Å². The molecule has 2 aromatic rings. The zero-order chi connectivity index (χ0) is 17.3. The maximum atomic E-state index is 10.3. The summed E-state index contributed by atoms with van der Waals surface area (Å²) in [6, 6.07) is 5.61. The first-order valence-electron chi connectivity index (χ1n) is 7.53. The quantitative estimate of drug-likeness (QED) is 0.547. The van der Waals surface area contributed by atoms with Crippen LogP contribution in [0.25, 0.3) is 0 Å². The summed E-state index contributed by atoms with van der Waals surface area (Å²) in [5.41, 5.74) is 9.36.